The quantitative estimate of drug-likeness (QED) is 0.620. The average molecular weight is 412 g/mol. The summed E-state index contributed by atoms with van der Waals surface area (Å²) in [6.07, 6.45) is 0. The number of hydrogen-bond donors (Lipinski definition) is 2. The predicted octanol–water partition coefficient (Wildman–Crippen LogP) is 4.00. The molecule has 1 atom stereocenters. The van der Waals surface area contributed by atoms with Gasteiger partial charge in [-0.25, -0.2) is 4.68 Å². The van der Waals surface area contributed by atoms with Crippen molar-refractivity contribution in [1.82, 2.24) is 14.8 Å². The van der Waals surface area contributed by atoms with Gasteiger partial charge in [0.1, 0.15) is 6.04 Å². The van der Waals surface area contributed by atoms with Crippen LogP contribution in [0.2, 0.25) is 5.02 Å². The number of hydrogen-bond acceptors (Lipinski definition) is 5. The summed E-state index contributed by atoms with van der Waals surface area (Å²) < 4.78 is 1.71. The number of benzene rings is 2. The minimum absolute atomic E-state index is 0.454. The number of aromatic nitrogens is 3. The number of nitrogens with one attached hydrogen (secondary N) is 1. The highest BCUT2D eigenvalue weighted by Crippen LogP contribution is 2.36. The number of thioether (sulfide) groups is 1. The molecule has 0 saturated carbocycles. The van der Waals surface area contributed by atoms with E-state index < -0.39 is 11.9 Å². The number of halogens is 1. The standard InChI is InChI=1S/C20H18ClN5OS/c1-12-16(18(22)27)17(14-7-9-15(21)10-8-14)26-19(23-12)24-20(25-26)28-11-13-5-3-2-4-6-13/h2-10,17H,11H2,1H3,(H2,22,27)(H,23,24,25)/t17-/m0/s1. The molecule has 0 aliphatic carbocycles. The van der Waals surface area contributed by atoms with E-state index in [0.717, 1.165) is 11.3 Å². The molecule has 1 aliphatic heterocycles. The lowest BCUT2D eigenvalue weighted by Gasteiger charge is -2.27. The van der Waals surface area contributed by atoms with Crippen LogP contribution in [-0.2, 0) is 10.5 Å². The maximum Gasteiger partial charge on any atom is 0.248 e. The number of primary amides is 1. The molecule has 0 fully saturated rings. The summed E-state index contributed by atoms with van der Waals surface area (Å²) in [5.41, 5.74) is 8.87. The second-order valence-corrected chi connectivity index (χ2v) is 7.80. The van der Waals surface area contributed by atoms with Gasteiger partial charge >= 0.3 is 0 Å². The van der Waals surface area contributed by atoms with E-state index in [1.807, 2.05) is 37.3 Å². The van der Waals surface area contributed by atoms with E-state index in [-0.39, 0.29) is 0 Å². The maximum absolute atomic E-state index is 12.2. The van der Waals surface area contributed by atoms with E-state index in [2.05, 4.69) is 27.5 Å². The van der Waals surface area contributed by atoms with E-state index in [4.69, 9.17) is 17.3 Å². The molecule has 1 amide bonds. The fourth-order valence-electron chi connectivity index (χ4n) is 3.19. The lowest BCUT2D eigenvalue weighted by atomic mass is 9.95. The van der Waals surface area contributed by atoms with Crippen LogP contribution in [0.5, 0.6) is 0 Å². The number of carbonyl (C=O) groups excluding carboxylic acids is 1. The molecule has 6 nitrogen and oxygen atoms in total. The second-order valence-electron chi connectivity index (χ2n) is 6.42. The number of allylic oxidation sites excluding steroid dienone is 1. The monoisotopic (exact) mass is 411 g/mol. The molecule has 2 heterocycles. The van der Waals surface area contributed by atoms with Gasteiger partial charge in [-0.1, -0.05) is 65.8 Å². The topological polar surface area (TPSA) is 85.8 Å². The van der Waals surface area contributed by atoms with Crippen LogP contribution in [0.1, 0.15) is 24.1 Å². The van der Waals surface area contributed by atoms with Gasteiger partial charge in [0.15, 0.2) is 0 Å². The normalized spacial score (nSPS) is 15.9. The van der Waals surface area contributed by atoms with E-state index >= 15 is 0 Å². The smallest absolute Gasteiger partial charge is 0.248 e. The fraction of sp³-hybridized carbons (Fsp3) is 0.150. The van der Waals surface area contributed by atoms with Gasteiger partial charge in [-0.15, -0.1) is 5.10 Å². The SMILES string of the molecule is CC1=C(C(N)=O)[C@H](c2ccc(Cl)cc2)n2nc(SCc3ccccc3)nc2N1. The van der Waals surface area contributed by atoms with Crippen molar-refractivity contribution in [3.05, 3.63) is 82.0 Å². The lowest BCUT2D eigenvalue weighted by Crippen LogP contribution is -2.31. The number of carbonyl (C=O) groups is 1. The summed E-state index contributed by atoms with van der Waals surface area (Å²) in [4.78, 5) is 16.8. The van der Waals surface area contributed by atoms with Crippen molar-refractivity contribution in [1.29, 1.82) is 0 Å². The summed E-state index contributed by atoms with van der Waals surface area (Å²) in [5.74, 6) is 0.841. The molecule has 8 heteroatoms. The third-order valence-corrected chi connectivity index (χ3v) is 5.66. The average Bonchev–Trinajstić information content (AvgIpc) is 3.09. The maximum atomic E-state index is 12.2. The molecule has 0 radical (unpaired) electrons. The zero-order chi connectivity index (χ0) is 19.7. The molecular weight excluding hydrogens is 394 g/mol. The zero-order valence-corrected chi connectivity index (χ0v) is 16.7. The van der Waals surface area contributed by atoms with E-state index in [0.29, 0.717) is 27.4 Å². The van der Waals surface area contributed by atoms with Crippen molar-refractivity contribution in [2.24, 2.45) is 5.73 Å². The van der Waals surface area contributed by atoms with Crippen molar-refractivity contribution in [3.63, 3.8) is 0 Å². The van der Waals surface area contributed by atoms with Gasteiger partial charge in [0.05, 0.1) is 5.57 Å². The first-order valence-electron chi connectivity index (χ1n) is 8.69. The lowest BCUT2D eigenvalue weighted by molar-refractivity contribution is -0.115. The molecule has 4 rings (SSSR count). The molecule has 3 aromatic rings. The highest BCUT2D eigenvalue weighted by molar-refractivity contribution is 7.98. The highest BCUT2D eigenvalue weighted by atomic mass is 35.5. The van der Waals surface area contributed by atoms with Crippen LogP contribution in [-0.4, -0.2) is 20.7 Å². The first-order valence-corrected chi connectivity index (χ1v) is 10.1. The molecule has 2 aromatic carbocycles. The van der Waals surface area contributed by atoms with Gasteiger partial charge in [-0.2, -0.15) is 4.98 Å². The molecule has 0 unspecified atom stereocenters. The largest absolute Gasteiger partial charge is 0.366 e. The fourth-order valence-corrected chi connectivity index (χ4v) is 4.10. The summed E-state index contributed by atoms with van der Waals surface area (Å²) in [6, 6.07) is 17.0. The summed E-state index contributed by atoms with van der Waals surface area (Å²) in [5, 5.41) is 9.04. The Kier molecular flexibility index (Phi) is 5.11. The molecule has 1 aromatic heterocycles. The van der Waals surface area contributed by atoms with Crippen LogP contribution in [0.3, 0.4) is 0 Å². The van der Waals surface area contributed by atoms with E-state index in [9.17, 15) is 4.79 Å². The van der Waals surface area contributed by atoms with Crippen LogP contribution in [0.25, 0.3) is 0 Å². The van der Waals surface area contributed by atoms with Crippen LogP contribution in [0, 0.1) is 0 Å². The number of nitrogens with two attached hydrogens (primary N) is 1. The van der Waals surface area contributed by atoms with Crippen LogP contribution in [0.15, 0.2) is 71.0 Å². The Balaban J connectivity index is 1.69. The van der Waals surface area contributed by atoms with Gasteiger partial charge in [0, 0.05) is 16.5 Å². The predicted molar refractivity (Wildman–Crippen MR) is 111 cm³/mol. The minimum Gasteiger partial charge on any atom is -0.366 e. The Morgan fingerprint density at radius 1 is 1.21 bits per heavy atom. The molecule has 1 aliphatic rings. The van der Waals surface area contributed by atoms with Crippen molar-refractivity contribution in [2.75, 3.05) is 5.32 Å². The second kappa shape index (κ2) is 7.69. The van der Waals surface area contributed by atoms with Gasteiger partial charge in [-0.3, -0.25) is 4.79 Å². The van der Waals surface area contributed by atoms with Crippen LogP contribution in [0.4, 0.5) is 5.95 Å². The number of anilines is 1. The molecule has 0 bridgehead atoms. The Morgan fingerprint density at radius 3 is 2.61 bits per heavy atom. The van der Waals surface area contributed by atoms with Gasteiger partial charge in [-0.05, 0) is 30.2 Å². The van der Waals surface area contributed by atoms with Gasteiger partial charge in [0.2, 0.25) is 17.0 Å². The molecule has 142 valence electrons. The molecular formula is C20H18ClN5OS. The van der Waals surface area contributed by atoms with Crippen molar-refractivity contribution in [2.45, 2.75) is 23.9 Å². The minimum atomic E-state index is -0.496. The number of rotatable bonds is 5. The van der Waals surface area contributed by atoms with Crippen molar-refractivity contribution < 1.29 is 4.79 Å². The number of nitrogens with zero attached hydrogens (tertiary/aromatic N) is 3. The van der Waals surface area contributed by atoms with E-state index in [1.165, 1.54) is 17.3 Å². The first kappa shape index (κ1) is 18.6. The molecule has 0 spiro atoms. The summed E-state index contributed by atoms with van der Waals surface area (Å²) >= 11 is 7.57. The van der Waals surface area contributed by atoms with Gasteiger partial charge < -0.3 is 11.1 Å². The Hall–Kier alpha value is -2.77. The Bertz CT molecular complexity index is 1050. The first-order chi connectivity index (χ1) is 13.5. The highest BCUT2D eigenvalue weighted by Gasteiger charge is 2.33. The summed E-state index contributed by atoms with van der Waals surface area (Å²) in [6.45, 7) is 1.82. The van der Waals surface area contributed by atoms with Gasteiger partial charge in [0.25, 0.3) is 0 Å². The van der Waals surface area contributed by atoms with Crippen molar-refractivity contribution in [3.8, 4) is 0 Å². The number of amides is 1. The van der Waals surface area contributed by atoms with Crippen LogP contribution >= 0.6 is 23.4 Å². The van der Waals surface area contributed by atoms with Crippen molar-refractivity contribution >= 4 is 35.2 Å². The molecule has 3 N–H and O–H groups in total. The van der Waals surface area contributed by atoms with Crippen LogP contribution < -0.4 is 11.1 Å². The molecule has 0 saturated heterocycles. The third-order valence-electron chi connectivity index (χ3n) is 4.50. The summed E-state index contributed by atoms with van der Waals surface area (Å²) in [7, 11) is 0. The molecule has 28 heavy (non-hydrogen) atoms. The number of fused-ring (bicyclic) bond motifs is 1. The Labute approximate surface area is 171 Å². The van der Waals surface area contributed by atoms with E-state index in [1.54, 1.807) is 16.8 Å². The third kappa shape index (κ3) is 3.63. The Morgan fingerprint density at radius 2 is 1.93 bits per heavy atom. The zero-order valence-electron chi connectivity index (χ0n) is 15.1.